The summed E-state index contributed by atoms with van der Waals surface area (Å²) in [5.74, 6) is 0. The zero-order valence-electron chi connectivity index (χ0n) is 12.9. The maximum absolute atomic E-state index is 8.80. The van der Waals surface area contributed by atoms with Crippen LogP contribution in [0.4, 0.5) is 0 Å². The molecule has 0 aliphatic heterocycles. The maximum Gasteiger partial charge on any atom is 0.0556 e. The summed E-state index contributed by atoms with van der Waals surface area (Å²) in [6, 6.07) is 0. The molecule has 0 spiro atoms. The Morgan fingerprint density at radius 1 is 0.833 bits per heavy atom. The molecule has 0 aromatic heterocycles. The van der Waals surface area contributed by atoms with Gasteiger partial charge in [-0.15, -0.1) is 0 Å². The first kappa shape index (κ1) is 17.9. The number of hydrogen-bond acceptors (Lipinski definition) is 2. The normalized spacial score (nSPS) is 12.0. The van der Waals surface area contributed by atoms with E-state index >= 15 is 0 Å². The van der Waals surface area contributed by atoms with Crippen LogP contribution in [-0.2, 0) is 0 Å². The van der Waals surface area contributed by atoms with E-state index in [9.17, 15) is 0 Å². The van der Waals surface area contributed by atoms with E-state index in [0.717, 1.165) is 0 Å². The van der Waals surface area contributed by atoms with Crippen molar-refractivity contribution in [2.24, 2.45) is 0 Å². The van der Waals surface area contributed by atoms with Gasteiger partial charge in [0.05, 0.1) is 6.61 Å². The molecule has 0 aliphatic carbocycles. The fourth-order valence-corrected chi connectivity index (χ4v) is 2.36. The van der Waals surface area contributed by atoms with E-state index in [1.165, 1.54) is 64.2 Å². The Hall–Kier alpha value is -0.0800. The number of aliphatic hydroxyl groups is 1. The summed E-state index contributed by atoms with van der Waals surface area (Å²) in [5.41, 5.74) is 0.184. The summed E-state index contributed by atoms with van der Waals surface area (Å²) < 4.78 is 0. The van der Waals surface area contributed by atoms with Crippen LogP contribution in [0.5, 0.6) is 0 Å². The number of rotatable bonds is 13. The van der Waals surface area contributed by atoms with Crippen molar-refractivity contribution in [3.8, 4) is 0 Å². The fourth-order valence-electron chi connectivity index (χ4n) is 2.36. The van der Waals surface area contributed by atoms with Crippen molar-refractivity contribution >= 4 is 0 Å². The van der Waals surface area contributed by atoms with Crippen molar-refractivity contribution < 1.29 is 5.11 Å². The van der Waals surface area contributed by atoms with E-state index in [4.69, 9.17) is 5.11 Å². The Morgan fingerprint density at radius 2 is 1.33 bits per heavy atom. The molecule has 0 rings (SSSR count). The van der Waals surface area contributed by atoms with Gasteiger partial charge < -0.3 is 10.4 Å². The molecule has 0 saturated carbocycles. The minimum atomic E-state index is 0.184. The zero-order valence-corrected chi connectivity index (χ0v) is 12.9. The molecule has 110 valence electrons. The summed E-state index contributed by atoms with van der Waals surface area (Å²) in [5, 5.41) is 12.2. The molecule has 0 fully saturated rings. The third kappa shape index (κ3) is 12.4. The molecular weight excluding hydrogens is 222 g/mol. The molecule has 0 aromatic rings. The highest BCUT2D eigenvalue weighted by atomic mass is 16.3. The van der Waals surface area contributed by atoms with Gasteiger partial charge in [-0.2, -0.15) is 0 Å². The summed E-state index contributed by atoms with van der Waals surface area (Å²) in [6.07, 6.45) is 13.7. The number of aliphatic hydroxyl groups excluding tert-OH is 1. The highest BCUT2D eigenvalue weighted by Crippen LogP contribution is 2.15. The van der Waals surface area contributed by atoms with Crippen LogP contribution in [0.2, 0.25) is 0 Å². The average Bonchev–Trinajstić information content (AvgIpc) is 2.34. The van der Waals surface area contributed by atoms with Gasteiger partial charge in [-0.05, 0) is 20.3 Å². The lowest BCUT2D eigenvalue weighted by Gasteiger charge is -2.26. The minimum absolute atomic E-state index is 0.184. The lowest BCUT2D eigenvalue weighted by Crippen LogP contribution is -2.40. The maximum atomic E-state index is 8.80. The van der Waals surface area contributed by atoms with Gasteiger partial charge in [-0.1, -0.05) is 64.7 Å². The molecule has 0 amide bonds. The highest BCUT2D eigenvalue weighted by Gasteiger charge is 2.15. The standard InChI is InChI=1S/C16H35NO/c1-4-5-6-7-8-9-10-11-12-13-16(2,3)17-14-15-18/h17-18H,4-15H2,1-3H3. The molecule has 0 saturated heterocycles. The Balaban J connectivity index is 3.23. The first-order chi connectivity index (χ1) is 8.62. The zero-order chi connectivity index (χ0) is 13.7. The number of nitrogens with one attached hydrogen (secondary N) is 1. The van der Waals surface area contributed by atoms with E-state index in [1.807, 2.05) is 0 Å². The third-order valence-corrected chi connectivity index (χ3v) is 3.62. The SMILES string of the molecule is CCCCCCCCCCCC(C)(C)NCCO. The van der Waals surface area contributed by atoms with Gasteiger partial charge in [0.15, 0.2) is 0 Å². The Kier molecular flexibility index (Phi) is 11.9. The van der Waals surface area contributed by atoms with Gasteiger partial charge in [0.1, 0.15) is 0 Å². The summed E-state index contributed by atoms with van der Waals surface area (Å²) in [4.78, 5) is 0. The Morgan fingerprint density at radius 3 is 1.83 bits per heavy atom. The first-order valence-electron chi connectivity index (χ1n) is 7.98. The van der Waals surface area contributed by atoms with Gasteiger partial charge in [-0.25, -0.2) is 0 Å². The molecule has 0 aromatic carbocycles. The van der Waals surface area contributed by atoms with E-state index in [-0.39, 0.29) is 12.1 Å². The van der Waals surface area contributed by atoms with Crippen LogP contribution in [0.3, 0.4) is 0 Å². The highest BCUT2D eigenvalue weighted by molar-refractivity contribution is 4.76. The third-order valence-electron chi connectivity index (χ3n) is 3.62. The number of hydrogen-bond donors (Lipinski definition) is 2. The van der Waals surface area contributed by atoms with Crippen molar-refractivity contribution in [3.63, 3.8) is 0 Å². The summed E-state index contributed by atoms with van der Waals surface area (Å²) in [6.45, 7) is 7.68. The van der Waals surface area contributed by atoms with Gasteiger partial charge in [0, 0.05) is 12.1 Å². The monoisotopic (exact) mass is 257 g/mol. The van der Waals surface area contributed by atoms with Gasteiger partial charge >= 0.3 is 0 Å². The first-order valence-corrected chi connectivity index (χ1v) is 7.98. The lowest BCUT2D eigenvalue weighted by molar-refractivity contribution is 0.258. The van der Waals surface area contributed by atoms with Crippen molar-refractivity contribution in [1.29, 1.82) is 0 Å². The summed E-state index contributed by atoms with van der Waals surface area (Å²) in [7, 11) is 0. The second-order valence-corrected chi connectivity index (χ2v) is 6.11. The molecule has 0 unspecified atom stereocenters. The van der Waals surface area contributed by atoms with Crippen LogP contribution in [-0.4, -0.2) is 23.8 Å². The summed E-state index contributed by atoms with van der Waals surface area (Å²) >= 11 is 0. The van der Waals surface area contributed by atoms with Crippen molar-refractivity contribution in [2.45, 2.75) is 90.5 Å². The molecule has 2 heteroatoms. The predicted molar refractivity (Wildman–Crippen MR) is 81.0 cm³/mol. The average molecular weight is 257 g/mol. The fraction of sp³-hybridized carbons (Fsp3) is 1.00. The van der Waals surface area contributed by atoms with E-state index in [0.29, 0.717) is 6.54 Å². The van der Waals surface area contributed by atoms with Crippen LogP contribution in [0.1, 0.15) is 85.0 Å². The molecule has 18 heavy (non-hydrogen) atoms. The number of unbranched alkanes of at least 4 members (excludes halogenated alkanes) is 8. The smallest absolute Gasteiger partial charge is 0.0556 e. The van der Waals surface area contributed by atoms with E-state index in [2.05, 4.69) is 26.1 Å². The molecule has 0 atom stereocenters. The van der Waals surface area contributed by atoms with Crippen molar-refractivity contribution in [1.82, 2.24) is 5.32 Å². The minimum Gasteiger partial charge on any atom is -0.395 e. The van der Waals surface area contributed by atoms with Crippen LogP contribution in [0, 0.1) is 0 Å². The predicted octanol–water partition coefficient (Wildman–Crippen LogP) is 4.27. The molecule has 0 radical (unpaired) electrons. The quantitative estimate of drug-likeness (QED) is 0.483. The van der Waals surface area contributed by atoms with Gasteiger partial charge in [-0.3, -0.25) is 0 Å². The van der Waals surface area contributed by atoms with Gasteiger partial charge in [0.2, 0.25) is 0 Å². The van der Waals surface area contributed by atoms with Crippen LogP contribution < -0.4 is 5.32 Å². The molecule has 0 bridgehead atoms. The van der Waals surface area contributed by atoms with Crippen molar-refractivity contribution in [3.05, 3.63) is 0 Å². The van der Waals surface area contributed by atoms with E-state index in [1.54, 1.807) is 0 Å². The molecule has 2 nitrogen and oxygen atoms in total. The van der Waals surface area contributed by atoms with Gasteiger partial charge in [0.25, 0.3) is 0 Å². The van der Waals surface area contributed by atoms with Crippen LogP contribution in [0.25, 0.3) is 0 Å². The van der Waals surface area contributed by atoms with Crippen molar-refractivity contribution in [2.75, 3.05) is 13.2 Å². The molecule has 0 aliphatic rings. The van der Waals surface area contributed by atoms with E-state index < -0.39 is 0 Å². The van der Waals surface area contributed by atoms with Crippen LogP contribution in [0.15, 0.2) is 0 Å². The number of β-amino-alcohol motifs (C(OH)–C–C–N with tert-alkyl or cyclic N) is 1. The topological polar surface area (TPSA) is 32.3 Å². The second-order valence-electron chi connectivity index (χ2n) is 6.11. The largest absolute Gasteiger partial charge is 0.395 e. The Bertz CT molecular complexity index is 168. The molecule has 0 heterocycles. The second kappa shape index (κ2) is 12.0. The van der Waals surface area contributed by atoms with Crippen LogP contribution >= 0.6 is 0 Å². The molecular formula is C16H35NO. The lowest BCUT2D eigenvalue weighted by atomic mass is 9.96. The molecule has 2 N–H and O–H groups in total. The Labute approximate surface area is 115 Å².